The Bertz CT molecular complexity index is 357. The Balaban J connectivity index is 0.00000289. The fourth-order valence-corrected chi connectivity index (χ4v) is 2.05. The van der Waals surface area contributed by atoms with Gasteiger partial charge in [-0.05, 0) is 30.4 Å². The first-order chi connectivity index (χ1) is 8.17. The lowest BCUT2D eigenvalue weighted by Gasteiger charge is -2.11. The van der Waals surface area contributed by atoms with E-state index in [1.54, 1.807) is 11.8 Å². The Labute approximate surface area is 119 Å². The number of hydrogen-bond donors (Lipinski definition) is 2. The van der Waals surface area contributed by atoms with Gasteiger partial charge in [0, 0.05) is 11.4 Å². The zero-order valence-corrected chi connectivity index (χ0v) is 12.4. The van der Waals surface area contributed by atoms with Crippen LogP contribution < -0.4 is 11.1 Å². The quantitative estimate of drug-likeness (QED) is 0.846. The molecular weight excluding hydrogens is 268 g/mol. The minimum absolute atomic E-state index is 0. The molecule has 0 spiro atoms. The minimum Gasteiger partial charge on any atom is -0.325 e. The molecule has 1 aromatic rings. The second-order valence-electron chi connectivity index (χ2n) is 4.01. The van der Waals surface area contributed by atoms with Gasteiger partial charge in [-0.25, -0.2) is 0 Å². The Morgan fingerprint density at radius 2 is 2.00 bits per heavy atom. The highest BCUT2D eigenvalue weighted by Gasteiger charge is 2.11. The maximum absolute atomic E-state index is 11.7. The van der Waals surface area contributed by atoms with E-state index < -0.39 is 6.04 Å². The van der Waals surface area contributed by atoms with Crippen LogP contribution in [0.3, 0.4) is 0 Å². The predicted octanol–water partition coefficient (Wildman–Crippen LogP) is 3.04. The van der Waals surface area contributed by atoms with Crippen LogP contribution in [-0.2, 0) is 10.5 Å². The summed E-state index contributed by atoms with van der Waals surface area (Å²) in [4.78, 5) is 11.7. The molecular formula is C13H21ClN2OS. The molecule has 3 nitrogen and oxygen atoms in total. The number of nitrogens with two attached hydrogens (primary N) is 1. The zero-order valence-electron chi connectivity index (χ0n) is 10.8. The second-order valence-corrected chi connectivity index (χ2v) is 4.88. The molecule has 0 aliphatic carbocycles. The number of carbonyl (C=O) groups excluding carboxylic acids is 1. The van der Waals surface area contributed by atoms with Crippen molar-refractivity contribution in [3.63, 3.8) is 0 Å². The highest BCUT2D eigenvalue weighted by Crippen LogP contribution is 2.14. The van der Waals surface area contributed by atoms with Crippen molar-refractivity contribution in [1.82, 2.24) is 0 Å². The molecule has 0 heterocycles. The maximum Gasteiger partial charge on any atom is 0.241 e. The summed E-state index contributed by atoms with van der Waals surface area (Å²) in [6, 6.07) is 7.48. The van der Waals surface area contributed by atoms with Crippen LogP contribution in [0.4, 0.5) is 5.69 Å². The molecule has 18 heavy (non-hydrogen) atoms. The molecule has 1 amide bonds. The summed E-state index contributed by atoms with van der Waals surface area (Å²) in [6.45, 7) is 2.02. The summed E-state index contributed by atoms with van der Waals surface area (Å²) in [5.74, 6) is 0.883. The highest BCUT2D eigenvalue weighted by molar-refractivity contribution is 7.97. The van der Waals surface area contributed by atoms with E-state index in [0.717, 1.165) is 24.3 Å². The monoisotopic (exact) mass is 288 g/mol. The molecule has 102 valence electrons. The number of nitrogens with one attached hydrogen (secondary N) is 1. The topological polar surface area (TPSA) is 55.1 Å². The third-order valence-electron chi connectivity index (χ3n) is 2.47. The molecule has 1 atom stereocenters. The maximum atomic E-state index is 11.7. The van der Waals surface area contributed by atoms with Gasteiger partial charge in [0.1, 0.15) is 0 Å². The van der Waals surface area contributed by atoms with Crippen LogP contribution >= 0.6 is 24.2 Å². The largest absolute Gasteiger partial charge is 0.325 e. The zero-order chi connectivity index (χ0) is 12.7. The van der Waals surface area contributed by atoms with Crippen LogP contribution in [0.5, 0.6) is 0 Å². The van der Waals surface area contributed by atoms with Gasteiger partial charge in [-0.15, -0.1) is 12.4 Å². The van der Waals surface area contributed by atoms with Gasteiger partial charge in [0.15, 0.2) is 0 Å². The highest BCUT2D eigenvalue weighted by atomic mass is 35.5. The van der Waals surface area contributed by atoms with E-state index in [2.05, 4.69) is 11.6 Å². The van der Waals surface area contributed by atoms with Gasteiger partial charge in [0.25, 0.3) is 0 Å². The molecule has 0 aliphatic heterocycles. The van der Waals surface area contributed by atoms with Gasteiger partial charge >= 0.3 is 0 Å². The summed E-state index contributed by atoms with van der Waals surface area (Å²) >= 11 is 1.78. The number of hydrogen-bond acceptors (Lipinski definition) is 3. The molecule has 3 N–H and O–H groups in total. The van der Waals surface area contributed by atoms with Gasteiger partial charge in [-0.3, -0.25) is 4.79 Å². The molecule has 0 bridgehead atoms. The van der Waals surface area contributed by atoms with Crippen molar-refractivity contribution in [3.8, 4) is 0 Å². The summed E-state index contributed by atoms with van der Waals surface area (Å²) < 4.78 is 0. The van der Waals surface area contributed by atoms with Gasteiger partial charge in [-0.2, -0.15) is 11.8 Å². The third kappa shape index (κ3) is 5.76. The Morgan fingerprint density at radius 3 is 2.50 bits per heavy atom. The first kappa shape index (κ1) is 17.3. The van der Waals surface area contributed by atoms with Crippen LogP contribution in [0.15, 0.2) is 24.3 Å². The van der Waals surface area contributed by atoms with Crippen molar-refractivity contribution in [3.05, 3.63) is 29.8 Å². The van der Waals surface area contributed by atoms with E-state index in [1.807, 2.05) is 31.2 Å². The predicted molar refractivity (Wildman–Crippen MR) is 82.4 cm³/mol. The second kappa shape index (κ2) is 9.25. The molecule has 1 unspecified atom stereocenters. The Hall–Kier alpha value is -0.710. The van der Waals surface area contributed by atoms with Crippen molar-refractivity contribution in [2.75, 3.05) is 11.6 Å². The van der Waals surface area contributed by atoms with Gasteiger partial charge in [0.2, 0.25) is 5.91 Å². The molecule has 1 rings (SSSR count). The summed E-state index contributed by atoms with van der Waals surface area (Å²) in [7, 11) is 0. The van der Waals surface area contributed by atoms with E-state index >= 15 is 0 Å². The number of carbonyl (C=O) groups is 1. The molecule has 1 aromatic carbocycles. The lowest BCUT2D eigenvalue weighted by Crippen LogP contribution is -2.35. The van der Waals surface area contributed by atoms with Crippen molar-refractivity contribution in [1.29, 1.82) is 0 Å². The van der Waals surface area contributed by atoms with Crippen LogP contribution in [-0.4, -0.2) is 18.2 Å². The van der Waals surface area contributed by atoms with Crippen LogP contribution in [0, 0.1) is 0 Å². The van der Waals surface area contributed by atoms with Crippen molar-refractivity contribution in [2.24, 2.45) is 5.73 Å². The SMILES string of the molecule is CCCC(N)C(=O)Nc1ccc(CSC)cc1.Cl. The van der Waals surface area contributed by atoms with Gasteiger partial charge < -0.3 is 11.1 Å². The molecule has 0 saturated carbocycles. The van der Waals surface area contributed by atoms with Crippen molar-refractivity contribution in [2.45, 2.75) is 31.6 Å². The standard InChI is InChI=1S/C13H20N2OS.ClH/c1-3-4-12(14)13(16)15-11-7-5-10(6-8-11)9-17-2;/h5-8,12H,3-4,9,14H2,1-2H3,(H,15,16);1H. The minimum atomic E-state index is -0.411. The normalized spacial score (nSPS) is 11.5. The van der Waals surface area contributed by atoms with Crippen molar-refractivity contribution >= 4 is 35.8 Å². The molecule has 0 aromatic heterocycles. The summed E-state index contributed by atoms with van der Waals surface area (Å²) in [6.07, 6.45) is 3.71. The van der Waals surface area contributed by atoms with Crippen LogP contribution in [0.1, 0.15) is 25.3 Å². The Kier molecular flexibility index (Phi) is 8.89. The smallest absolute Gasteiger partial charge is 0.241 e. The molecule has 5 heteroatoms. The fraction of sp³-hybridized carbons (Fsp3) is 0.462. The fourth-order valence-electron chi connectivity index (χ4n) is 1.53. The Morgan fingerprint density at radius 1 is 1.39 bits per heavy atom. The lowest BCUT2D eigenvalue weighted by atomic mass is 10.1. The van der Waals surface area contributed by atoms with Gasteiger partial charge in [-0.1, -0.05) is 25.5 Å². The average Bonchev–Trinajstić information content (AvgIpc) is 2.32. The first-order valence-electron chi connectivity index (χ1n) is 5.81. The van der Waals surface area contributed by atoms with Crippen molar-refractivity contribution < 1.29 is 4.79 Å². The van der Waals surface area contributed by atoms with Gasteiger partial charge in [0.05, 0.1) is 6.04 Å². The average molecular weight is 289 g/mol. The summed E-state index contributed by atoms with van der Waals surface area (Å²) in [5, 5.41) is 2.83. The van der Waals surface area contributed by atoms with Crippen LogP contribution in [0.2, 0.25) is 0 Å². The molecule has 0 fully saturated rings. The number of amides is 1. The molecule has 0 radical (unpaired) electrons. The number of benzene rings is 1. The van der Waals surface area contributed by atoms with E-state index in [-0.39, 0.29) is 18.3 Å². The number of halogens is 1. The van der Waals surface area contributed by atoms with E-state index in [1.165, 1.54) is 5.56 Å². The molecule has 0 saturated heterocycles. The number of anilines is 1. The number of thioether (sulfide) groups is 1. The van der Waals surface area contributed by atoms with Crippen LogP contribution in [0.25, 0.3) is 0 Å². The lowest BCUT2D eigenvalue weighted by molar-refractivity contribution is -0.117. The van der Waals surface area contributed by atoms with E-state index in [9.17, 15) is 4.79 Å². The first-order valence-corrected chi connectivity index (χ1v) is 7.21. The number of rotatable bonds is 6. The van der Waals surface area contributed by atoms with E-state index in [4.69, 9.17) is 5.73 Å². The summed E-state index contributed by atoms with van der Waals surface area (Å²) in [5.41, 5.74) is 7.81. The van der Waals surface area contributed by atoms with E-state index in [0.29, 0.717) is 0 Å². The molecule has 0 aliphatic rings. The third-order valence-corrected chi connectivity index (χ3v) is 3.09.